The summed E-state index contributed by atoms with van der Waals surface area (Å²) in [6.45, 7) is 5.19. The highest BCUT2D eigenvalue weighted by Crippen LogP contribution is 2.35. The third-order valence-electron chi connectivity index (χ3n) is 5.23. The number of aromatic nitrogens is 2. The van der Waals surface area contributed by atoms with Crippen molar-refractivity contribution < 1.29 is 14.1 Å². The molecule has 26 heavy (non-hydrogen) atoms. The van der Waals surface area contributed by atoms with E-state index in [1.54, 1.807) is 24.5 Å². The first-order chi connectivity index (χ1) is 12.6. The second kappa shape index (κ2) is 7.17. The molecule has 2 fully saturated rings. The Morgan fingerprint density at radius 3 is 3.04 bits per heavy atom. The molecule has 2 aromatic rings. The Labute approximate surface area is 152 Å². The molecule has 7 heteroatoms. The lowest BCUT2D eigenvalue weighted by Gasteiger charge is -2.38. The Hall–Kier alpha value is -2.25. The van der Waals surface area contributed by atoms with Gasteiger partial charge in [-0.1, -0.05) is 5.16 Å². The quantitative estimate of drug-likeness (QED) is 0.902. The van der Waals surface area contributed by atoms with Gasteiger partial charge in [0.05, 0.1) is 11.3 Å². The van der Waals surface area contributed by atoms with Gasteiger partial charge in [0.2, 0.25) is 0 Å². The van der Waals surface area contributed by atoms with Crippen molar-refractivity contribution in [3.05, 3.63) is 47.6 Å². The lowest BCUT2D eigenvalue weighted by Crippen LogP contribution is -2.49. The summed E-state index contributed by atoms with van der Waals surface area (Å²) < 4.78 is 11.3. The van der Waals surface area contributed by atoms with E-state index in [4.69, 9.17) is 9.26 Å². The summed E-state index contributed by atoms with van der Waals surface area (Å²) in [4.78, 5) is 18.7. The lowest BCUT2D eigenvalue weighted by molar-refractivity contribution is -0.0793. The lowest BCUT2D eigenvalue weighted by atomic mass is 9.89. The van der Waals surface area contributed by atoms with E-state index in [0.29, 0.717) is 12.2 Å². The maximum atomic E-state index is 12.4. The topological polar surface area (TPSA) is 80.5 Å². The van der Waals surface area contributed by atoms with Crippen LogP contribution in [-0.2, 0) is 11.3 Å². The maximum Gasteiger partial charge on any atom is 0.251 e. The van der Waals surface area contributed by atoms with Crippen molar-refractivity contribution in [3.63, 3.8) is 0 Å². The fourth-order valence-electron chi connectivity index (χ4n) is 3.99. The van der Waals surface area contributed by atoms with Crippen LogP contribution in [0, 0.1) is 6.92 Å². The number of aryl methyl sites for hydroxylation is 1. The van der Waals surface area contributed by atoms with Crippen molar-refractivity contribution in [1.82, 2.24) is 20.4 Å². The fraction of sp³-hybridized carbons (Fsp3) is 0.526. The average Bonchev–Trinajstić information content (AvgIpc) is 3.22. The van der Waals surface area contributed by atoms with Gasteiger partial charge in [-0.15, -0.1) is 0 Å². The molecule has 138 valence electrons. The van der Waals surface area contributed by atoms with Gasteiger partial charge in [-0.25, -0.2) is 0 Å². The molecule has 0 unspecified atom stereocenters. The first-order valence-electron chi connectivity index (χ1n) is 9.11. The molecule has 7 nitrogen and oxygen atoms in total. The molecule has 1 spiro atoms. The van der Waals surface area contributed by atoms with Crippen LogP contribution in [0.2, 0.25) is 0 Å². The monoisotopic (exact) mass is 356 g/mol. The van der Waals surface area contributed by atoms with Crippen molar-refractivity contribution in [2.75, 3.05) is 19.7 Å². The van der Waals surface area contributed by atoms with Crippen LogP contribution in [0.4, 0.5) is 0 Å². The molecule has 2 saturated heterocycles. The number of carbonyl (C=O) groups excluding carboxylic acids is 1. The number of pyridine rings is 1. The van der Waals surface area contributed by atoms with E-state index in [-0.39, 0.29) is 17.6 Å². The van der Waals surface area contributed by atoms with Crippen molar-refractivity contribution in [2.24, 2.45) is 0 Å². The van der Waals surface area contributed by atoms with E-state index >= 15 is 0 Å². The molecule has 0 bridgehead atoms. The zero-order valence-corrected chi connectivity index (χ0v) is 15.0. The van der Waals surface area contributed by atoms with Crippen LogP contribution in [0.1, 0.15) is 41.1 Å². The molecule has 1 N–H and O–H groups in total. The van der Waals surface area contributed by atoms with E-state index in [9.17, 15) is 4.79 Å². The van der Waals surface area contributed by atoms with Crippen LogP contribution in [-0.4, -0.2) is 52.3 Å². The number of nitrogens with one attached hydrogen (secondary N) is 1. The minimum atomic E-state index is -0.173. The summed E-state index contributed by atoms with van der Waals surface area (Å²) in [5.41, 5.74) is 1.43. The van der Waals surface area contributed by atoms with Gasteiger partial charge in [0.15, 0.2) is 0 Å². The highest BCUT2D eigenvalue weighted by Gasteiger charge is 2.43. The van der Waals surface area contributed by atoms with Crippen molar-refractivity contribution in [3.8, 4) is 0 Å². The van der Waals surface area contributed by atoms with Gasteiger partial charge in [-0.3, -0.25) is 14.7 Å². The Morgan fingerprint density at radius 2 is 2.27 bits per heavy atom. The van der Waals surface area contributed by atoms with Crippen LogP contribution in [0.3, 0.4) is 0 Å². The molecule has 0 radical (unpaired) electrons. The second-order valence-corrected chi connectivity index (χ2v) is 7.32. The van der Waals surface area contributed by atoms with Crippen LogP contribution in [0.5, 0.6) is 0 Å². The fourth-order valence-corrected chi connectivity index (χ4v) is 3.99. The van der Waals surface area contributed by atoms with Gasteiger partial charge in [0, 0.05) is 56.3 Å². The number of ether oxygens (including phenoxy) is 1. The average molecular weight is 356 g/mol. The van der Waals surface area contributed by atoms with E-state index < -0.39 is 0 Å². The summed E-state index contributed by atoms with van der Waals surface area (Å²) in [5.74, 6) is 0.795. The minimum absolute atomic E-state index is 0.0395. The van der Waals surface area contributed by atoms with Crippen LogP contribution in [0.15, 0.2) is 35.1 Å². The highest BCUT2D eigenvalue weighted by atomic mass is 16.5. The van der Waals surface area contributed by atoms with Crippen LogP contribution in [0.25, 0.3) is 0 Å². The number of nitrogens with zero attached hydrogens (tertiary/aromatic N) is 3. The van der Waals surface area contributed by atoms with Crippen LogP contribution < -0.4 is 5.32 Å². The maximum absolute atomic E-state index is 12.4. The van der Waals surface area contributed by atoms with Gasteiger partial charge in [0.1, 0.15) is 5.76 Å². The molecule has 1 amide bonds. The van der Waals surface area contributed by atoms with E-state index in [0.717, 1.165) is 50.4 Å². The Bertz CT molecular complexity index is 763. The molecular formula is C19H24N4O3. The standard InChI is InChI=1S/C19H24N4O3/c1-14-10-17(22-26-14)12-23-8-5-19(13-23)11-16(4-9-25-19)21-18(24)15-2-6-20-7-3-15/h2-3,6-7,10,16H,4-5,8-9,11-13H2,1H3,(H,21,24)/t16-,19+/m0/s1. The minimum Gasteiger partial charge on any atom is -0.373 e. The molecule has 4 heterocycles. The van der Waals surface area contributed by atoms with E-state index in [1.807, 2.05) is 13.0 Å². The van der Waals surface area contributed by atoms with Gasteiger partial charge in [-0.2, -0.15) is 0 Å². The third-order valence-corrected chi connectivity index (χ3v) is 5.23. The SMILES string of the molecule is Cc1cc(CN2CC[C@@]3(C[C@@H](NC(=O)c4ccncc4)CCO3)C2)no1. The van der Waals surface area contributed by atoms with Crippen molar-refractivity contribution >= 4 is 5.91 Å². The van der Waals surface area contributed by atoms with Gasteiger partial charge in [-0.05, 0) is 38.3 Å². The van der Waals surface area contributed by atoms with Gasteiger partial charge < -0.3 is 14.6 Å². The summed E-state index contributed by atoms with van der Waals surface area (Å²) in [5, 5.41) is 7.24. The Morgan fingerprint density at radius 1 is 1.42 bits per heavy atom. The van der Waals surface area contributed by atoms with E-state index in [2.05, 4.69) is 20.4 Å². The predicted molar refractivity (Wildman–Crippen MR) is 94.5 cm³/mol. The number of amides is 1. The summed E-state index contributed by atoms with van der Waals surface area (Å²) in [6.07, 6.45) is 5.95. The molecule has 2 atom stereocenters. The molecular weight excluding hydrogens is 332 g/mol. The molecule has 4 rings (SSSR count). The summed E-state index contributed by atoms with van der Waals surface area (Å²) in [6, 6.07) is 5.59. The number of hydrogen-bond donors (Lipinski definition) is 1. The molecule has 2 aromatic heterocycles. The highest BCUT2D eigenvalue weighted by molar-refractivity contribution is 5.94. The molecule has 0 aliphatic carbocycles. The molecule has 2 aliphatic rings. The molecule has 2 aliphatic heterocycles. The Balaban J connectivity index is 1.35. The third kappa shape index (κ3) is 3.78. The Kier molecular flexibility index (Phi) is 4.74. The van der Waals surface area contributed by atoms with E-state index in [1.165, 1.54) is 0 Å². The summed E-state index contributed by atoms with van der Waals surface area (Å²) in [7, 11) is 0. The number of rotatable bonds is 4. The number of carbonyl (C=O) groups is 1. The van der Waals surface area contributed by atoms with Crippen LogP contribution >= 0.6 is 0 Å². The van der Waals surface area contributed by atoms with Gasteiger partial charge in [0.25, 0.3) is 5.91 Å². The van der Waals surface area contributed by atoms with Crippen molar-refractivity contribution in [2.45, 2.75) is 44.4 Å². The van der Waals surface area contributed by atoms with Crippen molar-refractivity contribution in [1.29, 1.82) is 0 Å². The normalized spacial score (nSPS) is 26.3. The molecule has 0 saturated carbocycles. The smallest absolute Gasteiger partial charge is 0.251 e. The predicted octanol–water partition coefficient (Wildman–Crippen LogP) is 1.93. The zero-order chi connectivity index (χ0) is 18.0. The first-order valence-corrected chi connectivity index (χ1v) is 9.11. The molecule has 0 aromatic carbocycles. The summed E-state index contributed by atoms with van der Waals surface area (Å²) >= 11 is 0. The second-order valence-electron chi connectivity index (χ2n) is 7.32. The largest absolute Gasteiger partial charge is 0.373 e. The zero-order valence-electron chi connectivity index (χ0n) is 15.0. The number of hydrogen-bond acceptors (Lipinski definition) is 6. The van der Waals surface area contributed by atoms with Gasteiger partial charge >= 0.3 is 0 Å². The first kappa shape index (κ1) is 17.2. The number of likely N-dealkylation sites (tertiary alicyclic amines) is 1.